The van der Waals surface area contributed by atoms with Gasteiger partial charge in [-0.05, 0) is 6.07 Å². The van der Waals surface area contributed by atoms with Crippen LogP contribution >= 0.6 is 34.8 Å². The van der Waals surface area contributed by atoms with Gasteiger partial charge < -0.3 is 4.98 Å². The third kappa shape index (κ3) is 1.45. The van der Waals surface area contributed by atoms with Crippen LogP contribution < -0.4 is 5.56 Å². The summed E-state index contributed by atoms with van der Waals surface area (Å²) in [4.78, 5) is 12.9. The van der Waals surface area contributed by atoms with Crippen molar-refractivity contribution in [2.75, 3.05) is 0 Å². The molecule has 5 heteroatoms. The zero-order valence-electron chi connectivity index (χ0n) is 4.62. The molecule has 1 N–H and O–H groups in total. The normalized spacial score (nSPS) is 9.90. The summed E-state index contributed by atoms with van der Waals surface area (Å²) in [6.07, 6.45) is 0. The molecule has 1 aromatic heterocycles. The molecule has 0 aliphatic carbocycles. The Morgan fingerprint density at radius 1 is 1.20 bits per heavy atom. The van der Waals surface area contributed by atoms with Crippen LogP contribution in [0.1, 0.15) is 0 Å². The topological polar surface area (TPSA) is 32.9 Å². The first kappa shape index (κ1) is 7.92. The number of pyridine rings is 1. The molecule has 2 nitrogen and oxygen atoms in total. The summed E-state index contributed by atoms with van der Waals surface area (Å²) in [7, 11) is 0. The average molecular weight is 203 g/mol. The summed E-state index contributed by atoms with van der Waals surface area (Å²) in [6, 6.07) is 1.30. The highest BCUT2D eigenvalue weighted by atomic mass is 35.5. The van der Waals surface area contributed by atoms with E-state index in [1.165, 1.54) is 6.07 Å². The van der Waals surface area contributed by atoms with Crippen molar-refractivity contribution in [1.82, 2.24) is 4.98 Å². The van der Waals surface area contributed by atoms with Gasteiger partial charge in [-0.15, -0.1) is 0 Å². The fourth-order valence-electron chi connectivity index (χ4n) is 0.459. The van der Waals surface area contributed by atoms with Gasteiger partial charge in [-0.25, -0.2) is 0 Å². The SMILES string of the molecule is O=[13c]1[nH][13c](Cl)[13c](Cl)[13cH][13c]1Cl. The maximum Gasteiger partial charge on any atom is 0.267 e. The molecule has 0 fully saturated rings. The van der Waals surface area contributed by atoms with E-state index in [9.17, 15) is 4.79 Å². The van der Waals surface area contributed by atoms with Gasteiger partial charge in [0.05, 0.1) is 5.02 Å². The maximum atomic E-state index is 10.7. The van der Waals surface area contributed by atoms with Gasteiger partial charge in [0.1, 0.15) is 10.2 Å². The maximum absolute atomic E-state index is 10.7. The summed E-state index contributed by atoms with van der Waals surface area (Å²) in [5, 5.41) is 0.386. The first-order valence-electron chi connectivity index (χ1n) is 2.35. The van der Waals surface area contributed by atoms with Crippen molar-refractivity contribution >= 4 is 34.8 Å². The zero-order valence-corrected chi connectivity index (χ0v) is 6.89. The second kappa shape index (κ2) is 2.82. The van der Waals surface area contributed by atoms with Gasteiger partial charge in [-0.3, -0.25) is 4.79 Å². The van der Waals surface area contributed by atoms with Crippen molar-refractivity contribution in [3.8, 4) is 0 Å². The van der Waals surface area contributed by atoms with E-state index in [1.54, 1.807) is 0 Å². The van der Waals surface area contributed by atoms with Gasteiger partial charge in [0.25, 0.3) is 5.56 Å². The molecule has 0 radical (unpaired) electrons. The van der Waals surface area contributed by atoms with Crippen molar-refractivity contribution in [3.05, 3.63) is 31.6 Å². The first-order chi connectivity index (χ1) is 4.61. The predicted octanol–water partition coefficient (Wildman–Crippen LogP) is 2.34. The molecule has 0 aromatic carbocycles. The Balaban J connectivity index is 3.43. The number of hydrogen-bond acceptors (Lipinski definition) is 1. The van der Waals surface area contributed by atoms with Gasteiger partial charge in [0, 0.05) is 0 Å². The largest absolute Gasteiger partial charge is 0.310 e. The summed E-state index contributed by atoms with van der Waals surface area (Å²) in [5.74, 6) is 0. The van der Waals surface area contributed by atoms with Gasteiger partial charge in [0.15, 0.2) is 0 Å². The summed E-state index contributed by atoms with van der Waals surface area (Å²) in [5.41, 5.74) is -0.434. The fraction of sp³-hybridized carbons (Fsp3) is 0. The third-order valence-corrected chi connectivity index (χ3v) is 1.88. The number of nitrogens with one attached hydrogen (secondary N) is 1. The van der Waals surface area contributed by atoms with E-state index < -0.39 is 5.56 Å². The van der Waals surface area contributed by atoms with Crippen LogP contribution in [0.4, 0.5) is 0 Å². The average Bonchev–Trinajstić information content (AvgIpc) is 1.84. The van der Waals surface area contributed by atoms with Crippen molar-refractivity contribution in [3.63, 3.8) is 0 Å². The predicted molar refractivity (Wildman–Crippen MR) is 42.1 cm³/mol. The van der Waals surface area contributed by atoms with Crippen LogP contribution in [-0.2, 0) is 0 Å². The summed E-state index contributed by atoms with van der Waals surface area (Å²) in [6.45, 7) is 0. The lowest BCUT2D eigenvalue weighted by Crippen LogP contribution is -2.05. The van der Waals surface area contributed by atoms with Gasteiger partial charge in [-0.2, -0.15) is 0 Å². The first-order valence-corrected chi connectivity index (χ1v) is 3.48. The van der Waals surface area contributed by atoms with E-state index in [0.29, 0.717) is 0 Å². The number of rotatable bonds is 0. The molecule has 1 aromatic rings. The Kier molecular flexibility index (Phi) is 2.24. The van der Waals surface area contributed by atoms with Crippen LogP contribution in [0.15, 0.2) is 10.9 Å². The highest BCUT2D eigenvalue weighted by Gasteiger charge is 2.01. The quantitative estimate of drug-likeness (QED) is 0.645. The molecule has 0 bridgehead atoms. The second-order valence-corrected chi connectivity index (χ2v) is 2.80. The Bertz CT molecular complexity index is 306. The Hall–Kier alpha value is -0.180. The fourth-order valence-corrected chi connectivity index (χ4v) is 0.968. The van der Waals surface area contributed by atoms with Crippen molar-refractivity contribution in [2.24, 2.45) is 0 Å². The zero-order chi connectivity index (χ0) is 7.72. The minimum atomic E-state index is -0.434. The van der Waals surface area contributed by atoms with Gasteiger partial charge in [-0.1, -0.05) is 34.8 Å². The molecule has 54 valence electrons. The molecule has 0 amide bonds. The number of H-pyrrole nitrogens is 1. The molecule has 0 saturated heterocycles. The van der Waals surface area contributed by atoms with Crippen molar-refractivity contribution in [1.29, 1.82) is 0 Å². The minimum absolute atomic E-state index is 0.0365. The molecular weight excluding hydrogens is 201 g/mol. The minimum Gasteiger partial charge on any atom is -0.310 e. The lowest BCUT2D eigenvalue weighted by molar-refractivity contribution is 1.24. The number of aromatic amines is 1. The Morgan fingerprint density at radius 2 is 1.80 bits per heavy atom. The Labute approximate surface area is 71.7 Å². The van der Waals surface area contributed by atoms with Crippen LogP contribution in [0.5, 0.6) is 0 Å². The number of aromatic nitrogens is 1. The number of hydrogen-bond donors (Lipinski definition) is 1. The van der Waals surface area contributed by atoms with Crippen LogP contribution in [0.2, 0.25) is 15.2 Å². The lowest BCUT2D eigenvalue weighted by Gasteiger charge is -1.93. The molecule has 0 unspecified atom stereocenters. The molecule has 1 heterocycles. The second-order valence-electron chi connectivity index (χ2n) is 1.61. The third-order valence-electron chi connectivity index (χ3n) is 0.903. The summed E-state index contributed by atoms with van der Waals surface area (Å²) >= 11 is 16.3. The molecule has 1 rings (SSSR count). The standard InChI is InChI=1S/C5H2Cl3NO/c6-2-1-3(7)5(10)9-4(2)8/h1H,(H,9,10)/i1+1,2+1,3+1,4+1,5+1. The van der Waals surface area contributed by atoms with E-state index in [4.69, 9.17) is 34.8 Å². The molecule has 0 spiro atoms. The smallest absolute Gasteiger partial charge is 0.267 e. The summed E-state index contributed by atoms with van der Waals surface area (Å²) < 4.78 is 0. The van der Waals surface area contributed by atoms with E-state index in [-0.39, 0.29) is 15.2 Å². The number of halogens is 3. The van der Waals surface area contributed by atoms with Crippen LogP contribution in [0.25, 0.3) is 0 Å². The highest BCUT2D eigenvalue weighted by molar-refractivity contribution is 6.42. The lowest BCUT2D eigenvalue weighted by atomic mass is 11.4. The van der Waals surface area contributed by atoms with Crippen LogP contribution in [0, 0.1) is 0 Å². The molecule has 0 aliphatic heterocycles. The van der Waals surface area contributed by atoms with Crippen LogP contribution in [0.3, 0.4) is 0 Å². The van der Waals surface area contributed by atoms with E-state index in [2.05, 4.69) is 4.98 Å². The van der Waals surface area contributed by atoms with E-state index >= 15 is 0 Å². The Morgan fingerprint density at radius 3 is 2.30 bits per heavy atom. The molecule has 0 saturated carbocycles. The van der Waals surface area contributed by atoms with Crippen molar-refractivity contribution < 1.29 is 0 Å². The molecule has 10 heavy (non-hydrogen) atoms. The highest BCUT2D eigenvalue weighted by Crippen LogP contribution is 2.19. The molecule has 0 aliphatic rings. The van der Waals surface area contributed by atoms with Gasteiger partial charge >= 0.3 is 0 Å². The van der Waals surface area contributed by atoms with Gasteiger partial charge in [0.2, 0.25) is 0 Å². The van der Waals surface area contributed by atoms with Crippen molar-refractivity contribution in [2.45, 2.75) is 0 Å². The van der Waals surface area contributed by atoms with E-state index in [1.807, 2.05) is 0 Å². The van der Waals surface area contributed by atoms with Crippen LogP contribution in [-0.4, -0.2) is 4.98 Å². The molecular formula is C5H2Cl3NO. The van der Waals surface area contributed by atoms with E-state index in [0.717, 1.165) is 0 Å². The molecule has 0 atom stereocenters. The monoisotopic (exact) mass is 202 g/mol.